The van der Waals surface area contributed by atoms with Crippen LogP contribution in [-0.2, 0) is 9.84 Å². The molecule has 0 unspecified atom stereocenters. The van der Waals surface area contributed by atoms with Crippen molar-refractivity contribution in [3.8, 4) is 0 Å². The summed E-state index contributed by atoms with van der Waals surface area (Å²) in [7, 11) is -2.99. The molecule has 1 aromatic carbocycles. The van der Waals surface area contributed by atoms with Gasteiger partial charge in [0.05, 0.1) is 29.1 Å². The fourth-order valence-electron chi connectivity index (χ4n) is 3.12. The molecule has 2 fully saturated rings. The number of thiocarbonyl (C=S) groups is 1. The van der Waals surface area contributed by atoms with Crippen LogP contribution in [0.15, 0.2) is 36.5 Å². The van der Waals surface area contributed by atoms with Crippen LogP contribution in [0, 0.1) is 0 Å². The number of nitrogens with zero attached hydrogens (tertiary/aromatic N) is 2. The Hall–Kier alpha value is -1.73. The van der Waals surface area contributed by atoms with Gasteiger partial charge in [-0.1, -0.05) is 6.07 Å². The molecular formula is C14H13N3O2S2. The summed E-state index contributed by atoms with van der Waals surface area (Å²) < 4.78 is 23.6. The third-order valence-corrected chi connectivity index (χ3v) is 6.08. The van der Waals surface area contributed by atoms with Gasteiger partial charge in [0.1, 0.15) is 0 Å². The van der Waals surface area contributed by atoms with E-state index in [9.17, 15) is 8.42 Å². The third-order valence-electron chi connectivity index (χ3n) is 4.05. The molecule has 21 heavy (non-hydrogen) atoms. The Balaban J connectivity index is 1.78. The molecule has 108 valence electrons. The molecule has 0 amide bonds. The molecule has 0 saturated carbocycles. The molecular weight excluding hydrogens is 306 g/mol. The Labute approximate surface area is 127 Å². The number of anilines is 1. The van der Waals surface area contributed by atoms with E-state index in [4.69, 9.17) is 12.2 Å². The lowest BCUT2D eigenvalue weighted by Crippen LogP contribution is -2.36. The standard InChI is InChI=1S/C14H13N3O2S2/c18-21(19)7-12-13(8-21)17(14(20)16-12)10-3-4-11-9(6-10)2-1-5-15-11/h1-6,12-13H,7-8H2,(H,16,20)/t12-,13+/m1/s1. The van der Waals surface area contributed by atoms with Crippen LogP contribution in [0.1, 0.15) is 0 Å². The van der Waals surface area contributed by atoms with Gasteiger partial charge in [-0.15, -0.1) is 0 Å². The first kappa shape index (κ1) is 13.0. The highest BCUT2D eigenvalue weighted by Crippen LogP contribution is 2.31. The maximum Gasteiger partial charge on any atom is 0.174 e. The number of hydrogen-bond donors (Lipinski definition) is 1. The average molecular weight is 319 g/mol. The zero-order chi connectivity index (χ0) is 14.6. The van der Waals surface area contributed by atoms with Gasteiger partial charge in [0.2, 0.25) is 0 Å². The quantitative estimate of drug-likeness (QED) is 0.794. The zero-order valence-corrected chi connectivity index (χ0v) is 12.7. The normalized spacial score (nSPS) is 26.9. The number of nitrogens with one attached hydrogen (secondary N) is 1. The summed E-state index contributed by atoms with van der Waals surface area (Å²) in [5, 5.41) is 4.75. The molecule has 2 saturated heterocycles. The number of fused-ring (bicyclic) bond motifs is 2. The number of sulfone groups is 1. The van der Waals surface area contributed by atoms with Crippen molar-refractivity contribution in [1.29, 1.82) is 0 Å². The second-order valence-electron chi connectivity index (χ2n) is 5.45. The predicted octanol–water partition coefficient (Wildman–Crippen LogP) is 1.09. The molecule has 2 aliphatic heterocycles. The Morgan fingerprint density at radius 2 is 2.14 bits per heavy atom. The number of benzene rings is 1. The molecule has 1 N–H and O–H groups in total. The van der Waals surface area contributed by atoms with Crippen molar-refractivity contribution in [2.75, 3.05) is 16.4 Å². The minimum absolute atomic E-state index is 0.105. The van der Waals surface area contributed by atoms with Gasteiger partial charge in [0, 0.05) is 17.3 Å². The van der Waals surface area contributed by atoms with Crippen LogP contribution in [-0.4, -0.2) is 42.1 Å². The third kappa shape index (κ3) is 2.08. The van der Waals surface area contributed by atoms with Gasteiger partial charge < -0.3 is 10.2 Å². The molecule has 0 bridgehead atoms. The van der Waals surface area contributed by atoms with Gasteiger partial charge in [-0.05, 0) is 36.5 Å². The Morgan fingerprint density at radius 3 is 3.00 bits per heavy atom. The highest BCUT2D eigenvalue weighted by atomic mass is 32.2. The minimum atomic E-state index is -2.99. The molecule has 4 rings (SSSR count). The largest absolute Gasteiger partial charge is 0.356 e. The first-order valence-corrected chi connectivity index (χ1v) is 8.91. The molecule has 7 heteroatoms. The Kier molecular flexibility index (Phi) is 2.71. The van der Waals surface area contributed by atoms with Gasteiger partial charge in [-0.2, -0.15) is 0 Å². The van der Waals surface area contributed by atoms with E-state index in [0.717, 1.165) is 16.6 Å². The molecule has 1 aromatic heterocycles. The summed E-state index contributed by atoms with van der Waals surface area (Å²) in [4.78, 5) is 6.22. The van der Waals surface area contributed by atoms with Crippen molar-refractivity contribution in [1.82, 2.24) is 10.3 Å². The van der Waals surface area contributed by atoms with Gasteiger partial charge >= 0.3 is 0 Å². The Bertz CT molecular complexity index is 850. The monoisotopic (exact) mass is 319 g/mol. The highest BCUT2D eigenvalue weighted by Gasteiger charge is 2.47. The molecule has 2 atom stereocenters. The van der Waals surface area contributed by atoms with Crippen molar-refractivity contribution in [2.45, 2.75) is 12.1 Å². The van der Waals surface area contributed by atoms with Gasteiger partial charge in [-0.25, -0.2) is 8.42 Å². The first-order valence-electron chi connectivity index (χ1n) is 6.68. The van der Waals surface area contributed by atoms with E-state index in [1.54, 1.807) is 6.20 Å². The van der Waals surface area contributed by atoms with Crippen LogP contribution in [0.5, 0.6) is 0 Å². The number of aromatic nitrogens is 1. The van der Waals surface area contributed by atoms with Crippen molar-refractivity contribution >= 4 is 43.8 Å². The van der Waals surface area contributed by atoms with E-state index < -0.39 is 9.84 Å². The van der Waals surface area contributed by atoms with Crippen molar-refractivity contribution in [3.05, 3.63) is 36.5 Å². The van der Waals surface area contributed by atoms with Gasteiger partial charge in [0.15, 0.2) is 14.9 Å². The van der Waals surface area contributed by atoms with Gasteiger partial charge in [-0.3, -0.25) is 4.98 Å². The summed E-state index contributed by atoms with van der Waals surface area (Å²) in [6, 6.07) is 9.53. The maximum atomic E-state index is 11.8. The van der Waals surface area contributed by atoms with E-state index in [1.165, 1.54) is 0 Å². The molecule has 0 spiro atoms. The highest BCUT2D eigenvalue weighted by molar-refractivity contribution is 7.91. The van der Waals surface area contributed by atoms with E-state index >= 15 is 0 Å². The molecule has 2 aliphatic rings. The van der Waals surface area contributed by atoms with Crippen LogP contribution in [0.4, 0.5) is 5.69 Å². The van der Waals surface area contributed by atoms with Crippen molar-refractivity contribution in [2.24, 2.45) is 0 Å². The summed E-state index contributed by atoms with van der Waals surface area (Å²) in [6.07, 6.45) is 1.75. The number of rotatable bonds is 1. The van der Waals surface area contributed by atoms with Crippen LogP contribution >= 0.6 is 12.2 Å². The van der Waals surface area contributed by atoms with Crippen molar-refractivity contribution in [3.63, 3.8) is 0 Å². The lowest BCUT2D eigenvalue weighted by molar-refractivity contribution is 0.600. The first-order chi connectivity index (χ1) is 10.0. The van der Waals surface area contributed by atoms with Crippen molar-refractivity contribution < 1.29 is 8.42 Å². The Morgan fingerprint density at radius 1 is 1.29 bits per heavy atom. The number of hydrogen-bond acceptors (Lipinski definition) is 4. The molecule has 0 radical (unpaired) electrons. The van der Waals surface area contributed by atoms with E-state index in [0.29, 0.717) is 5.11 Å². The zero-order valence-electron chi connectivity index (χ0n) is 11.1. The van der Waals surface area contributed by atoms with E-state index in [-0.39, 0.29) is 23.6 Å². The smallest absolute Gasteiger partial charge is 0.174 e. The van der Waals surface area contributed by atoms with Crippen LogP contribution in [0.25, 0.3) is 10.9 Å². The molecule has 2 aromatic rings. The van der Waals surface area contributed by atoms with Crippen LogP contribution in [0.3, 0.4) is 0 Å². The molecule has 5 nitrogen and oxygen atoms in total. The lowest BCUT2D eigenvalue weighted by atomic mass is 10.1. The average Bonchev–Trinajstić information content (AvgIpc) is 2.88. The fourth-order valence-corrected chi connectivity index (χ4v) is 5.40. The summed E-state index contributed by atoms with van der Waals surface area (Å²) in [5.74, 6) is 0.305. The van der Waals surface area contributed by atoms with Crippen LogP contribution in [0.2, 0.25) is 0 Å². The number of pyridine rings is 1. The topological polar surface area (TPSA) is 62.3 Å². The minimum Gasteiger partial charge on any atom is -0.356 e. The van der Waals surface area contributed by atoms with E-state index in [2.05, 4.69) is 10.3 Å². The summed E-state index contributed by atoms with van der Waals surface area (Å²) >= 11 is 5.38. The fraction of sp³-hybridized carbons (Fsp3) is 0.286. The second kappa shape index (κ2) is 4.38. The maximum absolute atomic E-state index is 11.8. The predicted molar refractivity (Wildman–Crippen MR) is 86.2 cm³/mol. The SMILES string of the molecule is O=S1(=O)C[C@H]2NC(=S)N(c3ccc4ncccc4c3)[C@H]2C1. The summed E-state index contributed by atoms with van der Waals surface area (Å²) in [5.41, 5.74) is 1.83. The molecule has 0 aliphatic carbocycles. The summed E-state index contributed by atoms with van der Waals surface area (Å²) in [6.45, 7) is 0. The van der Waals surface area contributed by atoms with Gasteiger partial charge in [0.25, 0.3) is 0 Å². The second-order valence-corrected chi connectivity index (χ2v) is 7.99. The van der Waals surface area contributed by atoms with E-state index in [1.807, 2.05) is 35.2 Å². The lowest BCUT2D eigenvalue weighted by Gasteiger charge is -2.23. The van der Waals surface area contributed by atoms with Crippen LogP contribution < -0.4 is 10.2 Å². The molecule has 3 heterocycles.